The molecule has 2 saturated heterocycles. The van der Waals surface area contributed by atoms with E-state index in [1.165, 1.54) is 0 Å². The van der Waals surface area contributed by atoms with E-state index in [1.807, 2.05) is 56.4 Å². The van der Waals surface area contributed by atoms with Crippen molar-refractivity contribution < 1.29 is 14.6 Å². The molecular weight excluding hydrogens is 582 g/mol. The predicted molar refractivity (Wildman–Crippen MR) is 169 cm³/mol. The molecule has 0 bridgehead atoms. The van der Waals surface area contributed by atoms with E-state index in [0.717, 1.165) is 41.8 Å². The molecule has 44 heavy (non-hydrogen) atoms. The van der Waals surface area contributed by atoms with Crippen LogP contribution in [0, 0.1) is 5.92 Å². The number of rotatable bonds is 10. The van der Waals surface area contributed by atoms with Crippen LogP contribution in [0.15, 0.2) is 47.4 Å². The minimum Gasteiger partial charge on any atom is -0.481 e. The second-order valence-electron chi connectivity index (χ2n) is 12.3. The van der Waals surface area contributed by atoms with E-state index in [1.54, 1.807) is 23.2 Å². The van der Waals surface area contributed by atoms with Crippen molar-refractivity contribution in [3.63, 3.8) is 0 Å². The van der Waals surface area contributed by atoms with Crippen molar-refractivity contribution >= 4 is 23.0 Å². The number of methoxy groups -OCH3 is 1. The number of halogens is 1. The monoisotopic (exact) mass is 619 g/mol. The van der Waals surface area contributed by atoms with Crippen molar-refractivity contribution in [2.75, 3.05) is 26.7 Å². The maximum absolute atomic E-state index is 13.3. The van der Waals surface area contributed by atoms with Crippen molar-refractivity contribution in [2.24, 2.45) is 13.0 Å². The number of hydrogen-bond acceptors (Lipinski definition) is 8. The Bertz CT molecular complexity index is 1770. The third-order valence-electron chi connectivity index (χ3n) is 8.77. The molecule has 4 aromatic rings. The van der Waals surface area contributed by atoms with Crippen molar-refractivity contribution in [1.29, 1.82) is 0 Å². The molecule has 6 rings (SSSR count). The minimum atomic E-state index is -0.723. The minimum absolute atomic E-state index is 0.0976. The third-order valence-corrected chi connectivity index (χ3v) is 9.17. The average molecular weight is 620 g/mol. The van der Waals surface area contributed by atoms with Gasteiger partial charge in [-0.2, -0.15) is 5.10 Å². The van der Waals surface area contributed by atoms with Crippen LogP contribution in [0.25, 0.3) is 27.9 Å². The van der Waals surface area contributed by atoms with Gasteiger partial charge < -0.3 is 20.5 Å². The summed E-state index contributed by atoms with van der Waals surface area (Å²) >= 11 is 6.99. The molecule has 11 nitrogen and oxygen atoms in total. The van der Waals surface area contributed by atoms with Gasteiger partial charge in [-0.3, -0.25) is 19.1 Å². The Morgan fingerprint density at radius 1 is 1.18 bits per heavy atom. The summed E-state index contributed by atoms with van der Waals surface area (Å²) < 4.78 is 8.83. The van der Waals surface area contributed by atoms with Gasteiger partial charge in [-0.05, 0) is 32.4 Å². The highest BCUT2D eigenvalue weighted by atomic mass is 35.5. The third kappa shape index (κ3) is 5.97. The summed E-state index contributed by atoms with van der Waals surface area (Å²) in [6.45, 7) is 6.93. The number of aliphatic hydroxyl groups is 1. The number of benzene rings is 1. The molecule has 3 N–H and O–H groups in total. The van der Waals surface area contributed by atoms with Gasteiger partial charge in [-0.1, -0.05) is 35.9 Å². The molecule has 1 aromatic carbocycles. The summed E-state index contributed by atoms with van der Waals surface area (Å²) in [5, 5.41) is 21.9. The van der Waals surface area contributed by atoms with Crippen LogP contribution >= 0.6 is 11.6 Å². The van der Waals surface area contributed by atoms with Gasteiger partial charge >= 0.3 is 0 Å². The maximum atomic E-state index is 13.3. The van der Waals surface area contributed by atoms with E-state index in [0.29, 0.717) is 54.0 Å². The summed E-state index contributed by atoms with van der Waals surface area (Å²) in [5.74, 6) is 1.45. The number of pyridine rings is 1. The lowest BCUT2D eigenvalue weighted by Crippen LogP contribution is -2.55. The Morgan fingerprint density at radius 2 is 1.95 bits per heavy atom. The van der Waals surface area contributed by atoms with Crippen LogP contribution in [-0.4, -0.2) is 73.5 Å². The number of aromatic nitrogens is 4. The van der Waals surface area contributed by atoms with Crippen molar-refractivity contribution in [3.8, 4) is 28.3 Å². The molecule has 3 aromatic heterocycles. The van der Waals surface area contributed by atoms with Crippen LogP contribution in [0.4, 0.5) is 0 Å². The van der Waals surface area contributed by atoms with Crippen LogP contribution < -0.4 is 20.9 Å². The second kappa shape index (κ2) is 12.0. The first-order chi connectivity index (χ1) is 21.0. The predicted octanol–water partition coefficient (Wildman–Crippen LogP) is 2.99. The largest absolute Gasteiger partial charge is 0.481 e. The zero-order valence-electron chi connectivity index (χ0n) is 25.4. The number of amides is 1. The lowest BCUT2D eigenvalue weighted by molar-refractivity contribution is -0.119. The fourth-order valence-corrected chi connectivity index (χ4v) is 6.23. The van der Waals surface area contributed by atoms with Crippen LogP contribution in [0.2, 0.25) is 5.02 Å². The molecule has 0 unspecified atom stereocenters. The molecule has 2 aliphatic rings. The van der Waals surface area contributed by atoms with Gasteiger partial charge in [0.05, 0.1) is 30.0 Å². The van der Waals surface area contributed by atoms with Crippen LogP contribution in [0.3, 0.4) is 0 Å². The van der Waals surface area contributed by atoms with Crippen molar-refractivity contribution in [2.45, 2.75) is 51.4 Å². The number of carbonyl (C=O) groups excluding carboxylic acids is 1. The summed E-state index contributed by atoms with van der Waals surface area (Å²) in [6.07, 6.45) is 3.24. The van der Waals surface area contributed by atoms with Gasteiger partial charge in [0.15, 0.2) is 0 Å². The highest BCUT2D eigenvalue weighted by Gasteiger charge is 2.37. The van der Waals surface area contributed by atoms with Gasteiger partial charge in [0.1, 0.15) is 11.3 Å². The lowest BCUT2D eigenvalue weighted by Gasteiger charge is -2.45. The highest BCUT2D eigenvalue weighted by Crippen LogP contribution is 2.37. The quantitative estimate of drug-likeness (QED) is 0.247. The normalized spacial score (nSPS) is 17.7. The summed E-state index contributed by atoms with van der Waals surface area (Å²) in [4.78, 5) is 31.7. The molecule has 1 amide bonds. The van der Waals surface area contributed by atoms with Crippen molar-refractivity contribution in [1.82, 2.24) is 34.7 Å². The molecular formula is C32H38ClN7O4. The van der Waals surface area contributed by atoms with Crippen molar-refractivity contribution in [3.05, 3.63) is 69.4 Å². The smallest absolute Gasteiger partial charge is 0.277 e. The Morgan fingerprint density at radius 3 is 2.66 bits per heavy atom. The molecule has 0 radical (unpaired) electrons. The Balaban J connectivity index is 1.23. The van der Waals surface area contributed by atoms with Crippen LogP contribution in [-0.2, 0) is 24.9 Å². The molecule has 2 fully saturated rings. The number of nitrogens with one attached hydrogen (secondary N) is 2. The number of nitrogens with zero attached hydrogens (tertiary/aromatic N) is 5. The van der Waals surface area contributed by atoms with Gasteiger partial charge in [0.2, 0.25) is 11.8 Å². The number of fused-ring (bicyclic) bond motifs is 1. The SMILES string of the molecule is COc1nc(-c2cccc(-c3cc4c(=O)n(C)c(CN5CC(C(C)(C)O)C5)nn4c3)c2Cl)ccc1CNC[C@@H]1CCC(=O)N1. The fraction of sp³-hybridized carbons (Fsp3) is 0.438. The first-order valence-corrected chi connectivity index (χ1v) is 15.3. The van der Waals surface area contributed by atoms with E-state index in [9.17, 15) is 14.7 Å². The molecule has 0 saturated carbocycles. The van der Waals surface area contributed by atoms with E-state index < -0.39 is 5.60 Å². The zero-order valence-corrected chi connectivity index (χ0v) is 26.2. The summed E-state index contributed by atoms with van der Waals surface area (Å²) in [5.41, 5.74) is 3.44. The molecule has 2 aliphatic heterocycles. The molecule has 0 spiro atoms. The number of likely N-dealkylation sites (tertiary alicyclic amines) is 1. The number of ether oxygens (including phenoxy) is 1. The second-order valence-corrected chi connectivity index (χ2v) is 12.7. The Kier molecular flexibility index (Phi) is 8.23. The highest BCUT2D eigenvalue weighted by molar-refractivity contribution is 6.36. The summed E-state index contributed by atoms with van der Waals surface area (Å²) in [7, 11) is 3.33. The summed E-state index contributed by atoms with van der Waals surface area (Å²) in [6, 6.07) is 11.6. The molecule has 0 aliphatic carbocycles. The average Bonchev–Trinajstić information content (AvgIpc) is 3.58. The molecule has 5 heterocycles. The zero-order chi connectivity index (χ0) is 31.2. The molecule has 232 valence electrons. The van der Waals surface area contributed by atoms with E-state index in [-0.39, 0.29) is 23.4 Å². The fourth-order valence-electron chi connectivity index (χ4n) is 5.90. The topological polar surface area (TPSA) is 126 Å². The van der Waals surface area contributed by atoms with E-state index in [2.05, 4.69) is 15.5 Å². The van der Waals surface area contributed by atoms with Gasteiger partial charge in [0, 0.05) is 80.1 Å². The van der Waals surface area contributed by atoms with E-state index in [4.69, 9.17) is 26.4 Å². The van der Waals surface area contributed by atoms with Crippen LogP contribution in [0.1, 0.15) is 38.1 Å². The standard InChI is InChI=1S/C32H38ClN7O4/c1-32(2,43)21-16-39(17-21)18-27-37-40-15-20(12-26(40)31(42)38(27)3)23-6-5-7-24(29(23)33)25-10-8-19(30(36-25)44-4)13-34-14-22-9-11-28(41)35-22/h5-8,10,12,15,21-22,34,43H,9,11,13-14,16-18H2,1-4H3,(H,35,41)/t22-/m0/s1. The van der Waals surface area contributed by atoms with Gasteiger partial charge in [0.25, 0.3) is 5.56 Å². The molecule has 12 heteroatoms. The first kappa shape index (κ1) is 30.3. The van der Waals surface area contributed by atoms with E-state index >= 15 is 0 Å². The van der Waals surface area contributed by atoms with Gasteiger partial charge in [-0.15, -0.1) is 0 Å². The molecule has 1 atom stereocenters. The van der Waals surface area contributed by atoms with Gasteiger partial charge in [-0.25, -0.2) is 9.50 Å². The number of carbonyl (C=O) groups is 1. The Labute approximate surface area is 260 Å². The van der Waals surface area contributed by atoms with Crippen LogP contribution in [0.5, 0.6) is 5.88 Å². The Hall–Kier alpha value is -3.77. The maximum Gasteiger partial charge on any atom is 0.277 e. The lowest BCUT2D eigenvalue weighted by atomic mass is 9.84. The number of hydrogen-bond donors (Lipinski definition) is 3. The first-order valence-electron chi connectivity index (χ1n) is 14.9.